The molecule has 0 spiro atoms. The lowest BCUT2D eigenvalue weighted by Gasteiger charge is -2.07. The summed E-state index contributed by atoms with van der Waals surface area (Å²) in [5.41, 5.74) is 5.41. The summed E-state index contributed by atoms with van der Waals surface area (Å²) in [6.07, 6.45) is -0.622. The lowest BCUT2D eigenvalue weighted by atomic mass is 10.3. The molecule has 2 rings (SSSR count). The van der Waals surface area contributed by atoms with Crippen molar-refractivity contribution in [2.24, 2.45) is 5.73 Å². The number of anilines is 1. The Hall–Kier alpha value is -1.49. The van der Waals surface area contributed by atoms with Crippen LogP contribution < -0.4 is 10.6 Å². The number of hydrogen-bond donors (Lipinski definition) is 1. The van der Waals surface area contributed by atoms with Gasteiger partial charge in [-0.25, -0.2) is 9.69 Å². The van der Waals surface area contributed by atoms with Crippen molar-refractivity contribution in [2.45, 2.75) is 13.0 Å². The van der Waals surface area contributed by atoms with Gasteiger partial charge in [0.2, 0.25) is 5.88 Å². The SMILES string of the molecule is Cc1ccc(N2CC(CN)OC2=O)o1. The van der Waals surface area contributed by atoms with Crippen molar-refractivity contribution in [1.82, 2.24) is 0 Å². The van der Waals surface area contributed by atoms with E-state index in [0.717, 1.165) is 5.76 Å². The smallest absolute Gasteiger partial charge is 0.417 e. The van der Waals surface area contributed by atoms with Gasteiger partial charge in [0.05, 0.1) is 6.54 Å². The molecule has 2 N–H and O–H groups in total. The predicted molar refractivity (Wildman–Crippen MR) is 50.1 cm³/mol. The molecular weight excluding hydrogens is 184 g/mol. The zero-order valence-corrected chi connectivity index (χ0v) is 7.90. The third-order valence-corrected chi connectivity index (χ3v) is 2.13. The van der Waals surface area contributed by atoms with Gasteiger partial charge in [0.25, 0.3) is 0 Å². The second-order valence-electron chi connectivity index (χ2n) is 3.24. The number of cyclic esters (lactones) is 1. The van der Waals surface area contributed by atoms with Crippen molar-refractivity contribution < 1.29 is 13.9 Å². The van der Waals surface area contributed by atoms with E-state index in [9.17, 15) is 4.79 Å². The first-order valence-electron chi connectivity index (χ1n) is 4.45. The molecule has 1 aromatic heterocycles. The van der Waals surface area contributed by atoms with E-state index in [4.69, 9.17) is 14.9 Å². The topological polar surface area (TPSA) is 68.7 Å². The largest absolute Gasteiger partial charge is 0.445 e. The highest BCUT2D eigenvalue weighted by Crippen LogP contribution is 2.23. The predicted octanol–water partition coefficient (Wildman–Crippen LogP) is 0.872. The van der Waals surface area contributed by atoms with Gasteiger partial charge < -0.3 is 14.9 Å². The lowest BCUT2D eigenvalue weighted by molar-refractivity contribution is 0.145. The third kappa shape index (κ3) is 1.46. The van der Waals surface area contributed by atoms with Crippen LogP contribution in [0.5, 0.6) is 0 Å². The maximum atomic E-state index is 11.3. The van der Waals surface area contributed by atoms with E-state index < -0.39 is 6.09 Å². The van der Waals surface area contributed by atoms with Gasteiger partial charge in [-0.2, -0.15) is 0 Å². The molecule has 0 radical (unpaired) electrons. The van der Waals surface area contributed by atoms with Gasteiger partial charge in [0.1, 0.15) is 11.9 Å². The van der Waals surface area contributed by atoms with E-state index in [1.54, 1.807) is 12.1 Å². The summed E-state index contributed by atoms with van der Waals surface area (Å²) in [6.45, 7) is 2.62. The highest BCUT2D eigenvalue weighted by molar-refractivity contribution is 5.88. The molecule has 1 unspecified atom stereocenters. The van der Waals surface area contributed by atoms with Crippen LogP contribution in [0.3, 0.4) is 0 Å². The number of nitrogens with zero attached hydrogens (tertiary/aromatic N) is 1. The van der Waals surface area contributed by atoms with Crippen LogP contribution in [-0.2, 0) is 4.74 Å². The molecule has 14 heavy (non-hydrogen) atoms. The first kappa shape index (κ1) is 9.08. The molecule has 1 aliphatic heterocycles. The van der Waals surface area contributed by atoms with Gasteiger partial charge in [-0.3, -0.25) is 0 Å². The van der Waals surface area contributed by atoms with Crippen molar-refractivity contribution in [3.8, 4) is 0 Å². The number of aryl methyl sites for hydroxylation is 1. The van der Waals surface area contributed by atoms with Crippen LogP contribution in [0, 0.1) is 6.92 Å². The summed E-state index contributed by atoms with van der Waals surface area (Å²) < 4.78 is 10.3. The zero-order valence-electron chi connectivity index (χ0n) is 7.90. The number of amides is 1. The number of nitrogens with two attached hydrogens (primary N) is 1. The molecule has 5 nitrogen and oxygen atoms in total. The molecule has 2 heterocycles. The van der Waals surface area contributed by atoms with Crippen molar-refractivity contribution >= 4 is 12.0 Å². The van der Waals surface area contributed by atoms with Crippen LogP contribution in [0.1, 0.15) is 5.76 Å². The fourth-order valence-corrected chi connectivity index (χ4v) is 1.39. The minimum atomic E-state index is -0.394. The van der Waals surface area contributed by atoms with Crippen LogP contribution in [-0.4, -0.2) is 25.3 Å². The number of hydrogen-bond acceptors (Lipinski definition) is 4. The standard InChI is InChI=1S/C9H12N2O3/c1-6-2-3-8(13-6)11-5-7(4-10)14-9(11)12/h2-3,7H,4-5,10H2,1H3. The third-order valence-electron chi connectivity index (χ3n) is 2.13. The molecule has 1 amide bonds. The molecule has 1 saturated heterocycles. The van der Waals surface area contributed by atoms with Crippen LogP contribution in [0.25, 0.3) is 0 Å². The van der Waals surface area contributed by atoms with E-state index in [-0.39, 0.29) is 6.10 Å². The molecule has 0 aromatic carbocycles. The van der Waals surface area contributed by atoms with Gasteiger partial charge in [-0.1, -0.05) is 0 Å². The van der Waals surface area contributed by atoms with Gasteiger partial charge in [-0.15, -0.1) is 0 Å². The summed E-state index contributed by atoms with van der Waals surface area (Å²) in [6, 6.07) is 3.55. The van der Waals surface area contributed by atoms with E-state index in [1.807, 2.05) is 6.92 Å². The summed E-state index contributed by atoms with van der Waals surface area (Å²) in [5.74, 6) is 1.28. The summed E-state index contributed by atoms with van der Waals surface area (Å²) >= 11 is 0. The fraction of sp³-hybridized carbons (Fsp3) is 0.444. The maximum Gasteiger partial charge on any atom is 0.417 e. The van der Waals surface area contributed by atoms with Crippen molar-refractivity contribution in [3.63, 3.8) is 0 Å². The molecule has 0 saturated carbocycles. The first-order chi connectivity index (χ1) is 6.70. The average Bonchev–Trinajstić information content (AvgIpc) is 2.71. The quantitative estimate of drug-likeness (QED) is 0.762. The fourth-order valence-electron chi connectivity index (χ4n) is 1.39. The number of rotatable bonds is 2. The second-order valence-corrected chi connectivity index (χ2v) is 3.24. The molecule has 5 heteroatoms. The monoisotopic (exact) mass is 196 g/mol. The van der Waals surface area contributed by atoms with E-state index >= 15 is 0 Å². The highest BCUT2D eigenvalue weighted by atomic mass is 16.6. The van der Waals surface area contributed by atoms with Crippen molar-refractivity contribution in [3.05, 3.63) is 17.9 Å². The molecule has 76 valence electrons. The highest BCUT2D eigenvalue weighted by Gasteiger charge is 2.32. The Bertz CT molecular complexity index is 348. The van der Waals surface area contributed by atoms with Gasteiger partial charge >= 0.3 is 6.09 Å². The number of carbonyl (C=O) groups is 1. The second kappa shape index (κ2) is 3.34. The Morgan fingerprint density at radius 1 is 1.64 bits per heavy atom. The maximum absolute atomic E-state index is 11.3. The summed E-state index contributed by atoms with van der Waals surface area (Å²) in [4.78, 5) is 12.8. The van der Waals surface area contributed by atoms with Crippen LogP contribution in [0.15, 0.2) is 16.5 Å². The number of ether oxygens (including phenoxy) is 1. The van der Waals surface area contributed by atoms with Crippen LogP contribution in [0.4, 0.5) is 10.7 Å². The van der Waals surface area contributed by atoms with Gasteiger partial charge in [-0.05, 0) is 13.0 Å². The molecule has 1 aromatic rings. The van der Waals surface area contributed by atoms with Crippen molar-refractivity contribution in [1.29, 1.82) is 0 Å². The van der Waals surface area contributed by atoms with E-state index in [2.05, 4.69) is 0 Å². The molecular formula is C9H12N2O3. The Kier molecular flexibility index (Phi) is 2.17. The first-order valence-corrected chi connectivity index (χ1v) is 4.45. The molecule has 1 fully saturated rings. The average molecular weight is 196 g/mol. The van der Waals surface area contributed by atoms with Crippen LogP contribution in [0.2, 0.25) is 0 Å². The lowest BCUT2D eigenvalue weighted by Crippen LogP contribution is -2.27. The summed E-state index contributed by atoms with van der Waals surface area (Å²) in [5, 5.41) is 0. The molecule has 1 aliphatic rings. The Balaban J connectivity index is 2.16. The van der Waals surface area contributed by atoms with Gasteiger partial charge in [0, 0.05) is 12.6 Å². The number of carbonyl (C=O) groups excluding carboxylic acids is 1. The number of furan rings is 1. The molecule has 0 aliphatic carbocycles. The summed E-state index contributed by atoms with van der Waals surface area (Å²) in [7, 11) is 0. The van der Waals surface area contributed by atoms with E-state index in [0.29, 0.717) is 19.0 Å². The minimum Gasteiger partial charge on any atom is -0.445 e. The van der Waals surface area contributed by atoms with Crippen LogP contribution >= 0.6 is 0 Å². The van der Waals surface area contributed by atoms with Gasteiger partial charge in [0.15, 0.2) is 0 Å². The van der Waals surface area contributed by atoms with Crippen molar-refractivity contribution in [2.75, 3.05) is 18.0 Å². The Morgan fingerprint density at radius 2 is 2.43 bits per heavy atom. The zero-order chi connectivity index (χ0) is 10.1. The normalized spacial score (nSPS) is 21.4. The Labute approximate surface area is 81.4 Å². The Morgan fingerprint density at radius 3 is 2.93 bits per heavy atom. The minimum absolute atomic E-state index is 0.229. The van der Waals surface area contributed by atoms with E-state index in [1.165, 1.54) is 4.90 Å². The molecule has 1 atom stereocenters. The molecule has 0 bridgehead atoms.